The maximum absolute atomic E-state index is 11.9. The summed E-state index contributed by atoms with van der Waals surface area (Å²) in [6.45, 7) is 10.1. The van der Waals surface area contributed by atoms with E-state index in [-0.39, 0.29) is 17.8 Å². The first-order valence-electron chi connectivity index (χ1n) is 8.04. The molecular weight excluding hydrogens is 308 g/mol. The van der Waals surface area contributed by atoms with E-state index < -0.39 is 0 Å². The Morgan fingerprint density at radius 3 is 2.83 bits per heavy atom. The number of carbonyl (C=O) groups excluding carboxylic acids is 1. The smallest absolute Gasteiger partial charge is 0.310 e. The van der Waals surface area contributed by atoms with Crippen molar-refractivity contribution in [1.29, 1.82) is 0 Å². The number of nitrogens with zero attached hydrogens (tertiary/aromatic N) is 5. The van der Waals surface area contributed by atoms with Crippen molar-refractivity contribution in [3.63, 3.8) is 0 Å². The van der Waals surface area contributed by atoms with Crippen LogP contribution in [0.3, 0.4) is 0 Å². The lowest BCUT2D eigenvalue weighted by atomic mass is 9.99. The SMILES string of the molecule is C=CCNC(=NCc1nnc(C)n1C)N1CC(C)C(C(=O)OC)C1. The average Bonchev–Trinajstić information content (AvgIpc) is 3.11. The highest BCUT2D eigenvalue weighted by Crippen LogP contribution is 2.24. The van der Waals surface area contributed by atoms with Gasteiger partial charge in [-0.25, -0.2) is 4.99 Å². The molecule has 1 fully saturated rings. The van der Waals surface area contributed by atoms with Crippen molar-refractivity contribution in [2.45, 2.75) is 20.4 Å². The Kier molecular flexibility index (Phi) is 5.94. The largest absolute Gasteiger partial charge is 0.469 e. The molecule has 2 unspecified atom stereocenters. The van der Waals surface area contributed by atoms with E-state index in [1.165, 1.54) is 7.11 Å². The number of carbonyl (C=O) groups is 1. The number of rotatable bonds is 5. The third kappa shape index (κ3) is 3.93. The molecule has 1 aliphatic heterocycles. The zero-order chi connectivity index (χ0) is 17.7. The van der Waals surface area contributed by atoms with E-state index in [4.69, 9.17) is 4.74 Å². The summed E-state index contributed by atoms with van der Waals surface area (Å²) in [5, 5.41) is 11.4. The maximum atomic E-state index is 11.9. The number of guanidine groups is 1. The third-order valence-corrected chi connectivity index (χ3v) is 4.37. The van der Waals surface area contributed by atoms with E-state index in [9.17, 15) is 4.79 Å². The number of esters is 1. The number of aromatic nitrogens is 3. The number of aliphatic imine (C=N–C) groups is 1. The molecule has 24 heavy (non-hydrogen) atoms. The number of hydrogen-bond acceptors (Lipinski definition) is 5. The molecule has 1 aliphatic rings. The van der Waals surface area contributed by atoms with Gasteiger partial charge in [0.25, 0.3) is 0 Å². The topological polar surface area (TPSA) is 84.6 Å². The molecule has 0 bridgehead atoms. The number of hydrogen-bond donors (Lipinski definition) is 1. The van der Waals surface area contributed by atoms with Gasteiger partial charge in [-0.15, -0.1) is 16.8 Å². The summed E-state index contributed by atoms with van der Waals surface area (Å²) in [7, 11) is 3.35. The lowest BCUT2D eigenvalue weighted by molar-refractivity contribution is -0.145. The highest BCUT2D eigenvalue weighted by atomic mass is 16.5. The van der Waals surface area contributed by atoms with Crippen molar-refractivity contribution < 1.29 is 9.53 Å². The van der Waals surface area contributed by atoms with Crippen LogP contribution < -0.4 is 5.32 Å². The summed E-state index contributed by atoms with van der Waals surface area (Å²) in [5.41, 5.74) is 0. The molecular formula is C16H26N6O2. The molecule has 1 N–H and O–H groups in total. The van der Waals surface area contributed by atoms with Gasteiger partial charge >= 0.3 is 5.97 Å². The van der Waals surface area contributed by atoms with Crippen LogP contribution in [-0.2, 0) is 23.1 Å². The highest BCUT2D eigenvalue weighted by molar-refractivity contribution is 5.82. The van der Waals surface area contributed by atoms with Crippen LogP contribution in [0.1, 0.15) is 18.6 Å². The van der Waals surface area contributed by atoms with Crippen LogP contribution in [0, 0.1) is 18.8 Å². The minimum Gasteiger partial charge on any atom is -0.469 e. The first kappa shape index (κ1) is 18.0. The van der Waals surface area contributed by atoms with E-state index in [0.717, 1.165) is 24.2 Å². The second-order valence-corrected chi connectivity index (χ2v) is 6.04. The maximum Gasteiger partial charge on any atom is 0.310 e. The zero-order valence-electron chi connectivity index (χ0n) is 14.8. The Balaban J connectivity index is 2.13. The number of ether oxygens (including phenoxy) is 1. The molecule has 0 aliphatic carbocycles. The minimum absolute atomic E-state index is 0.136. The Hall–Kier alpha value is -2.38. The van der Waals surface area contributed by atoms with E-state index >= 15 is 0 Å². The van der Waals surface area contributed by atoms with Crippen molar-refractivity contribution in [2.75, 3.05) is 26.7 Å². The summed E-state index contributed by atoms with van der Waals surface area (Å²) < 4.78 is 6.81. The normalized spacial score (nSPS) is 21.0. The van der Waals surface area contributed by atoms with Crippen LogP contribution in [0.25, 0.3) is 0 Å². The summed E-state index contributed by atoms with van der Waals surface area (Å²) in [6.07, 6.45) is 1.78. The molecule has 0 saturated carbocycles. The molecule has 0 amide bonds. The average molecular weight is 334 g/mol. The van der Waals surface area contributed by atoms with E-state index in [0.29, 0.717) is 19.6 Å². The summed E-state index contributed by atoms with van der Waals surface area (Å²) in [6, 6.07) is 0. The van der Waals surface area contributed by atoms with Gasteiger partial charge in [0.2, 0.25) is 0 Å². The van der Waals surface area contributed by atoms with E-state index in [1.807, 2.05) is 18.5 Å². The number of methoxy groups -OCH3 is 1. The first-order valence-corrected chi connectivity index (χ1v) is 8.04. The fraction of sp³-hybridized carbons (Fsp3) is 0.625. The standard InChI is InChI=1S/C16H26N6O2/c1-6-7-17-16(18-8-14-20-19-12(3)21(14)4)22-9-11(2)13(10-22)15(23)24-5/h6,11,13H,1,7-10H2,2-5H3,(H,17,18). The van der Waals surface area contributed by atoms with E-state index in [2.05, 4.69) is 38.9 Å². The summed E-state index contributed by atoms with van der Waals surface area (Å²) in [4.78, 5) is 18.6. The quantitative estimate of drug-likeness (QED) is 0.365. The summed E-state index contributed by atoms with van der Waals surface area (Å²) in [5.74, 6) is 2.29. The van der Waals surface area contributed by atoms with Crippen LogP contribution in [0.2, 0.25) is 0 Å². The molecule has 2 atom stereocenters. The van der Waals surface area contributed by atoms with Crippen LogP contribution in [0.4, 0.5) is 0 Å². The highest BCUT2D eigenvalue weighted by Gasteiger charge is 2.36. The van der Waals surface area contributed by atoms with Crippen molar-refractivity contribution in [3.05, 3.63) is 24.3 Å². The van der Waals surface area contributed by atoms with Crippen molar-refractivity contribution in [3.8, 4) is 0 Å². The first-order chi connectivity index (χ1) is 11.5. The van der Waals surface area contributed by atoms with Gasteiger partial charge in [-0.05, 0) is 12.8 Å². The Bertz CT molecular complexity index is 624. The molecule has 1 saturated heterocycles. The van der Waals surface area contributed by atoms with Crippen LogP contribution in [0.15, 0.2) is 17.6 Å². The fourth-order valence-electron chi connectivity index (χ4n) is 2.76. The van der Waals surface area contributed by atoms with Crippen LogP contribution >= 0.6 is 0 Å². The number of nitrogens with one attached hydrogen (secondary N) is 1. The number of aryl methyl sites for hydroxylation is 1. The van der Waals surface area contributed by atoms with Gasteiger partial charge < -0.3 is 19.5 Å². The Morgan fingerprint density at radius 2 is 2.25 bits per heavy atom. The molecule has 0 radical (unpaired) electrons. The third-order valence-electron chi connectivity index (χ3n) is 4.37. The fourth-order valence-corrected chi connectivity index (χ4v) is 2.76. The van der Waals surface area contributed by atoms with Crippen molar-refractivity contribution in [2.24, 2.45) is 23.9 Å². The Labute approximate surface area is 142 Å². The van der Waals surface area contributed by atoms with Gasteiger partial charge in [0.15, 0.2) is 11.8 Å². The zero-order valence-corrected chi connectivity index (χ0v) is 14.8. The van der Waals surface area contributed by atoms with Gasteiger partial charge in [0, 0.05) is 26.7 Å². The second-order valence-electron chi connectivity index (χ2n) is 6.04. The molecule has 0 aromatic carbocycles. The predicted molar refractivity (Wildman–Crippen MR) is 91.3 cm³/mol. The molecule has 8 nitrogen and oxygen atoms in total. The van der Waals surface area contributed by atoms with Gasteiger partial charge in [-0.3, -0.25) is 4.79 Å². The molecule has 1 aromatic heterocycles. The Morgan fingerprint density at radius 1 is 1.50 bits per heavy atom. The van der Waals surface area contributed by atoms with Crippen LogP contribution in [0.5, 0.6) is 0 Å². The molecule has 132 valence electrons. The molecule has 2 heterocycles. The lowest BCUT2D eigenvalue weighted by Crippen LogP contribution is -2.40. The van der Waals surface area contributed by atoms with Crippen molar-refractivity contribution >= 4 is 11.9 Å². The lowest BCUT2D eigenvalue weighted by Gasteiger charge is -2.21. The van der Waals surface area contributed by atoms with Crippen LogP contribution in [-0.4, -0.2) is 58.3 Å². The van der Waals surface area contributed by atoms with E-state index in [1.54, 1.807) is 6.08 Å². The van der Waals surface area contributed by atoms with Gasteiger partial charge in [-0.2, -0.15) is 0 Å². The monoisotopic (exact) mass is 334 g/mol. The molecule has 0 spiro atoms. The van der Waals surface area contributed by atoms with Gasteiger partial charge in [0.1, 0.15) is 12.4 Å². The van der Waals surface area contributed by atoms with Gasteiger partial charge in [-0.1, -0.05) is 13.0 Å². The molecule has 8 heteroatoms. The predicted octanol–water partition coefficient (Wildman–Crippen LogP) is 0.496. The molecule has 1 aromatic rings. The number of likely N-dealkylation sites (tertiary alicyclic amines) is 1. The molecule has 2 rings (SSSR count). The minimum atomic E-state index is -0.169. The second kappa shape index (κ2) is 7.94. The summed E-state index contributed by atoms with van der Waals surface area (Å²) >= 11 is 0. The van der Waals surface area contributed by atoms with Gasteiger partial charge in [0.05, 0.1) is 13.0 Å². The van der Waals surface area contributed by atoms with Crippen molar-refractivity contribution in [1.82, 2.24) is 25.0 Å².